The molecule has 1 saturated carbocycles. The Hall–Kier alpha value is -1.88. The van der Waals surface area contributed by atoms with E-state index in [1.807, 2.05) is 18.5 Å². The number of hydrogen-bond acceptors (Lipinski definition) is 3. The van der Waals surface area contributed by atoms with Gasteiger partial charge >= 0.3 is 0 Å². The molecular formula is C17H22FN3O. The molecule has 1 aliphatic carbocycles. The molecule has 0 radical (unpaired) electrons. The van der Waals surface area contributed by atoms with E-state index in [1.165, 1.54) is 25.2 Å². The molecule has 0 unspecified atom stereocenters. The number of halogens is 1. The highest BCUT2D eigenvalue weighted by Gasteiger charge is 2.27. The standard InChI is InChI=1S/C17H22FN3O/c1-11(12-4-6-16(18)17(8-12)22-2)21-15-5-3-13(7-15)14-9-19-20-10-14/h4,6,8-11,13,15,21H,3,5,7H2,1-2H3,(H,19,20)/t11-,13-,15+/m1/s1. The number of aromatic amines is 1. The van der Waals surface area contributed by atoms with Crippen molar-refractivity contribution in [2.75, 3.05) is 7.11 Å². The third kappa shape index (κ3) is 3.14. The van der Waals surface area contributed by atoms with Crippen molar-refractivity contribution in [1.82, 2.24) is 15.5 Å². The van der Waals surface area contributed by atoms with Gasteiger partial charge in [0.15, 0.2) is 11.6 Å². The van der Waals surface area contributed by atoms with Gasteiger partial charge in [0.05, 0.1) is 13.3 Å². The first-order valence-corrected chi connectivity index (χ1v) is 7.75. The van der Waals surface area contributed by atoms with Gasteiger partial charge in [-0.05, 0) is 55.4 Å². The van der Waals surface area contributed by atoms with Crippen LogP contribution in [-0.4, -0.2) is 23.3 Å². The zero-order chi connectivity index (χ0) is 15.5. The maximum absolute atomic E-state index is 13.5. The minimum absolute atomic E-state index is 0.169. The van der Waals surface area contributed by atoms with Crippen LogP contribution in [0, 0.1) is 5.82 Å². The Balaban J connectivity index is 1.61. The maximum atomic E-state index is 13.5. The van der Waals surface area contributed by atoms with Crippen LogP contribution in [0.25, 0.3) is 0 Å². The Morgan fingerprint density at radius 1 is 1.41 bits per heavy atom. The van der Waals surface area contributed by atoms with Gasteiger partial charge in [0.1, 0.15) is 0 Å². The summed E-state index contributed by atoms with van der Waals surface area (Å²) in [6.07, 6.45) is 7.35. The van der Waals surface area contributed by atoms with Crippen molar-refractivity contribution < 1.29 is 9.13 Å². The maximum Gasteiger partial charge on any atom is 0.165 e. The first-order chi connectivity index (χ1) is 10.7. The Labute approximate surface area is 130 Å². The fourth-order valence-electron chi connectivity index (χ4n) is 3.32. The third-order valence-electron chi connectivity index (χ3n) is 4.58. The van der Waals surface area contributed by atoms with E-state index in [1.54, 1.807) is 6.07 Å². The first kappa shape index (κ1) is 15.0. The van der Waals surface area contributed by atoms with Gasteiger partial charge in [-0.1, -0.05) is 6.07 Å². The third-order valence-corrected chi connectivity index (χ3v) is 4.58. The van der Waals surface area contributed by atoms with Crippen LogP contribution in [0.2, 0.25) is 0 Å². The van der Waals surface area contributed by atoms with E-state index in [4.69, 9.17) is 4.74 Å². The van der Waals surface area contributed by atoms with Crippen LogP contribution < -0.4 is 10.1 Å². The molecule has 5 heteroatoms. The number of methoxy groups -OCH3 is 1. The van der Waals surface area contributed by atoms with E-state index in [-0.39, 0.29) is 11.9 Å². The van der Waals surface area contributed by atoms with Crippen molar-refractivity contribution >= 4 is 0 Å². The van der Waals surface area contributed by atoms with E-state index in [2.05, 4.69) is 22.4 Å². The summed E-state index contributed by atoms with van der Waals surface area (Å²) in [7, 11) is 1.49. The fourth-order valence-corrected chi connectivity index (χ4v) is 3.32. The highest BCUT2D eigenvalue weighted by atomic mass is 19.1. The summed E-state index contributed by atoms with van der Waals surface area (Å²) >= 11 is 0. The van der Waals surface area contributed by atoms with Gasteiger partial charge < -0.3 is 10.1 Å². The van der Waals surface area contributed by atoms with Gasteiger partial charge in [-0.2, -0.15) is 5.10 Å². The average Bonchev–Trinajstić information content (AvgIpc) is 3.18. The molecular weight excluding hydrogens is 281 g/mol. The van der Waals surface area contributed by atoms with Crippen LogP contribution >= 0.6 is 0 Å². The van der Waals surface area contributed by atoms with Crippen LogP contribution in [0.5, 0.6) is 5.75 Å². The summed E-state index contributed by atoms with van der Waals surface area (Å²) in [5, 5.41) is 10.6. The molecule has 1 aliphatic rings. The molecule has 2 aromatic rings. The molecule has 1 aromatic carbocycles. The molecule has 1 heterocycles. The predicted molar refractivity (Wildman–Crippen MR) is 83.5 cm³/mol. The topological polar surface area (TPSA) is 49.9 Å². The van der Waals surface area contributed by atoms with Gasteiger partial charge in [-0.25, -0.2) is 4.39 Å². The number of H-pyrrole nitrogens is 1. The van der Waals surface area contributed by atoms with Crippen molar-refractivity contribution in [1.29, 1.82) is 0 Å². The second-order valence-electron chi connectivity index (χ2n) is 6.02. The number of ether oxygens (including phenoxy) is 1. The minimum atomic E-state index is -0.320. The molecule has 0 bridgehead atoms. The summed E-state index contributed by atoms with van der Waals surface area (Å²) < 4.78 is 18.6. The van der Waals surface area contributed by atoms with E-state index < -0.39 is 0 Å². The lowest BCUT2D eigenvalue weighted by Gasteiger charge is -2.20. The summed E-state index contributed by atoms with van der Waals surface area (Å²) in [5.41, 5.74) is 2.34. The smallest absolute Gasteiger partial charge is 0.165 e. The molecule has 3 rings (SSSR count). The molecule has 0 amide bonds. The van der Waals surface area contributed by atoms with Gasteiger partial charge in [-0.3, -0.25) is 5.10 Å². The minimum Gasteiger partial charge on any atom is -0.494 e. The van der Waals surface area contributed by atoms with Crippen LogP contribution in [0.3, 0.4) is 0 Å². The number of nitrogens with one attached hydrogen (secondary N) is 2. The lowest BCUT2D eigenvalue weighted by atomic mass is 10.0. The van der Waals surface area contributed by atoms with Crippen molar-refractivity contribution in [2.24, 2.45) is 0 Å². The number of rotatable bonds is 5. The number of hydrogen-bond donors (Lipinski definition) is 2. The SMILES string of the molecule is COc1cc([C@@H](C)N[C@H]2CC[C@@H](c3cn[nH]c3)C2)ccc1F. The normalized spacial score (nSPS) is 22.7. The van der Waals surface area contributed by atoms with Crippen LogP contribution in [0.4, 0.5) is 4.39 Å². The summed E-state index contributed by atoms with van der Waals surface area (Å²) in [6.45, 7) is 2.11. The summed E-state index contributed by atoms with van der Waals surface area (Å²) in [4.78, 5) is 0. The second-order valence-corrected chi connectivity index (χ2v) is 6.02. The molecule has 118 valence electrons. The van der Waals surface area contributed by atoms with E-state index in [9.17, 15) is 4.39 Å². The molecule has 0 saturated heterocycles. The monoisotopic (exact) mass is 303 g/mol. The van der Waals surface area contributed by atoms with Gasteiger partial charge in [0.25, 0.3) is 0 Å². The van der Waals surface area contributed by atoms with Crippen LogP contribution in [-0.2, 0) is 0 Å². The van der Waals surface area contributed by atoms with Gasteiger partial charge in [-0.15, -0.1) is 0 Å². The summed E-state index contributed by atoms with van der Waals surface area (Å²) in [5.74, 6) is 0.555. The largest absolute Gasteiger partial charge is 0.494 e. The second kappa shape index (κ2) is 6.48. The van der Waals surface area contributed by atoms with Crippen LogP contribution in [0.1, 0.15) is 49.3 Å². The van der Waals surface area contributed by atoms with Gasteiger partial charge in [0, 0.05) is 18.3 Å². The van der Waals surface area contributed by atoms with Crippen LogP contribution in [0.15, 0.2) is 30.6 Å². The van der Waals surface area contributed by atoms with Crippen molar-refractivity contribution in [3.05, 3.63) is 47.5 Å². The Morgan fingerprint density at radius 2 is 2.27 bits per heavy atom. The van der Waals surface area contributed by atoms with E-state index in [0.717, 1.165) is 18.4 Å². The molecule has 22 heavy (non-hydrogen) atoms. The Bertz CT molecular complexity index is 614. The summed E-state index contributed by atoms with van der Waals surface area (Å²) in [6, 6.07) is 5.71. The van der Waals surface area contributed by atoms with Gasteiger partial charge in [0.2, 0.25) is 0 Å². The lowest BCUT2D eigenvalue weighted by Crippen LogP contribution is -2.29. The number of benzene rings is 1. The fraction of sp³-hybridized carbons (Fsp3) is 0.471. The number of aromatic nitrogens is 2. The average molecular weight is 303 g/mol. The predicted octanol–water partition coefficient (Wildman–Crippen LogP) is 3.54. The van der Waals surface area contributed by atoms with Crippen molar-refractivity contribution in [3.8, 4) is 5.75 Å². The number of nitrogens with zero attached hydrogens (tertiary/aromatic N) is 1. The van der Waals surface area contributed by atoms with E-state index >= 15 is 0 Å². The van der Waals surface area contributed by atoms with Crippen molar-refractivity contribution in [2.45, 2.75) is 44.2 Å². The Morgan fingerprint density at radius 3 is 3.00 bits per heavy atom. The molecule has 2 N–H and O–H groups in total. The Kier molecular flexibility index (Phi) is 4.43. The molecule has 0 spiro atoms. The quantitative estimate of drug-likeness (QED) is 0.888. The zero-order valence-corrected chi connectivity index (χ0v) is 13.0. The molecule has 1 aromatic heterocycles. The molecule has 1 fully saturated rings. The molecule has 3 atom stereocenters. The lowest BCUT2D eigenvalue weighted by molar-refractivity contribution is 0.384. The highest BCUT2D eigenvalue weighted by Crippen LogP contribution is 2.35. The molecule has 4 nitrogen and oxygen atoms in total. The van der Waals surface area contributed by atoms with E-state index in [0.29, 0.717) is 17.7 Å². The highest BCUT2D eigenvalue weighted by molar-refractivity contribution is 5.32. The first-order valence-electron chi connectivity index (χ1n) is 7.75. The molecule has 0 aliphatic heterocycles. The zero-order valence-electron chi connectivity index (χ0n) is 13.0. The van der Waals surface area contributed by atoms with Crippen molar-refractivity contribution in [3.63, 3.8) is 0 Å².